The Bertz CT molecular complexity index is 438. The van der Waals surface area contributed by atoms with Crippen molar-refractivity contribution in [2.75, 3.05) is 7.05 Å². The van der Waals surface area contributed by atoms with Crippen LogP contribution in [-0.4, -0.2) is 17.9 Å². The number of amides is 1. The largest absolute Gasteiger partial charge is 0.338 e. The summed E-state index contributed by atoms with van der Waals surface area (Å²) in [6.07, 6.45) is 2.16. The molecular formula is C13H15NO. The third kappa shape index (κ3) is 1.02. The molecule has 1 aromatic rings. The fraction of sp³-hybridized carbons (Fsp3) is 0.462. The molecule has 1 saturated heterocycles. The highest BCUT2D eigenvalue weighted by atomic mass is 16.2. The van der Waals surface area contributed by atoms with E-state index < -0.39 is 0 Å². The van der Waals surface area contributed by atoms with Crippen LogP contribution in [0.1, 0.15) is 41.5 Å². The highest BCUT2D eigenvalue weighted by Gasteiger charge is 2.42. The molecule has 2 aliphatic heterocycles. The number of fused-ring (bicyclic) bond motifs is 2. The molecule has 3 aliphatic rings. The molecular weight excluding hydrogens is 186 g/mol. The Morgan fingerprint density at radius 1 is 1.33 bits per heavy atom. The normalized spacial score (nSPS) is 28.1. The number of benzene rings is 1. The van der Waals surface area contributed by atoms with Gasteiger partial charge >= 0.3 is 0 Å². The smallest absolute Gasteiger partial charge is 0.230 e. The first kappa shape index (κ1) is 8.96. The van der Waals surface area contributed by atoms with Gasteiger partial charge in [-0.25, -0.2) is 0 Å². The molecule has 1 fully saturated rings. The number of nitrogens with zero attached hydrogens (tertiary/aromatic N) is 1. The first-order valence-electron chi connectivity index (χ1n) is 5.56. The molecule has 2 unspecified atom stereocenters. The van der Waals surface area contributed by atoms with Gasteiger partial charge in [-0.05, 0) is 36.5 Å². The van der Waals surface area contributed by atoms with Crippen LogP contribution < -0.4 is 0 Å². The zero-order valence-corrected chi connectivity index (χ0v) is 9.16. The van der Waals surface area contributed by atoms with Gasteiger partial charge in [0.25, 0.3) is 0 Å². The maximum atomic E-state index is 12.0. The minimum Gasteiger partial charge on any atom is -0.338 e. The number of carbonyl (C=O) groups excluding carboxylic acids is 1. The second-order valence-electron chi connectivity index (χ2n) is 4.67. The van der Waals surface area contributed by atoms with Crippen molar-refractivity contribution < 1.29 is 4.79 Å². The van der Waals surface area contributed by atoms with E-state index in [2.05, 4.69) is 25.1 Å². The second kappa shape index (κ2) is 2.84. The van der Waals surface area contributed by atoms with Crippen LogP contribution in [0.25, 0.3) is 0 Å². The van der Waals surface area contributed by atoms with Crippen molar-refractivity contribution in [3.05, 3.63) is 34.9 Å². The zero-order valence-electron chi connectivity index (χ0n) is 9.16. The van der Waals surface area contributed by atoms with E-state index in [-0.39, 0.29) is 5.92 Å². The van der Waals surface area contributed by atoms with E-state index >= 15 is 0 Å². The summed E-state index contributed by atoms with van der Waals surface area (Å²) < 4.78 is 0. The molecule has 15 heavy (non-hydrogen) atoms. The predicted molar refractivity (Wildman–Crippen MR) is 58.7 cm³/mol. The number of piperidine rings is 1. The molecule has 4 rings (SSSR count). The van der Waals surface area contributed by atoms with Crippen LogP contribution in [0.15, 0.2) is 18.2 Å². The molecule has 2 heterocycles. The lowest BCUT2D eigenvalue weighted by atomic mass is 9.73. The predicted octanol–water partition coefficient (Wildman–Crippen LogP) is 2.39. The fourth-order valence-electron chi connectivity index (χ4n) is 3.13. The van der Waals surface area contributed by atoms with Crippen LogP contribution in [0.5, 0.6) is 0 Å². The Morgan fingerprint density at radius 2 is 2.13 bits per heavy atom. The molecule has 78 valence electrons. The van der Waals surface area contributed by atoms with Crippen molar-refractivity contribution in [2.24, 2.45) is 0 Å². The van der Waals surface area contributed by atoms with E-state index in [1.165, 1.54) is 16.7 Å². The van der Waals surface area contributed by atoms with Crippen LogP contribution in [-0.2, 0) is 4.79 Å². The van der Waals surface area contributed by atoms with Crippen LogP contribution in [0.4, 0.5) is 0 Å². The van der Waals surface area contributed by atoms with E-state index in [4.69, 9.17) is 0 Å². The van der Waals surface area contributed by atoms with Crippen molar-refractivity contribution in [3.8, 4) is 0 Å². The molecule has 0 aromatic heterocycles. The number of likely N-dealkylation sites (N-methyl/N-ethyl adjacent to an activating group) is 1. The van der Waals surface area contributed by atoms with Gasteiger partial charge < -0.3 is 4.90 Å². The summed E-state index contributed by atoms with van der Waals surface area (Å²) in [5, 5.41) is 0. The molecule has 1 amide bonds. The van der Waals surface area contributed by atoms with Gasteiger partial charge in [-0.15, -0.1) is 0 Å². The fourth-order valence-corrected chi connectivity index (χ4v) is 3.13. The van der Waals surface area contributed by atoms with Crippen molar-refractivity contribution in [1.82, 2.24) is 4.90 Å². The molecule has 0 saturated carbocycles. The highest BCUT2D eigenvalue weighted by molar-refractivity contribution is 5.87. The maximum absolute atomic E-state index is 12.0. The monoisotopic (exact) mass is 201 g/mol. The third-order valence-electron chi connectivity index (χ3n) is 3.91. The van der Waals surface area contributed by atoms with E-state index in [9.17, 15) is 4.79 Å². The average molecular weight is 201 g/mol. The van der Waals surface area contributed by atoms with Crippen molar-refractivity contribution in [2.45, 2.75) is 31.7 Å². The van der Waals surface area contributed by atoms with Crippen LogP contribution >= 0.6 is 0 Å². The number of aryl methyl sites for hydroxylation is 1. The minimum atomic E-state index is 0.134. The van der Waals surface area contributed by atoms with Crippen molar-refractivity contribution >= 4 is 5.91 Å². The summed E-state index contributed by atoms with van der Waals surface area (Å²) in [5.41, 5.74) is 4.03. The molecule has 0 radical (unpaired) electrons. The Kier molecular flexibility index (Phi) is 1.70. The van der Waals surface area contributed by atoms with Crippen LogP contribution in [0.2, 0.25) is 0 Å². The molecule has 2 bridgehead atoms. The molecule has 0 spiro atoms. The van der Waals surface area contributed by atoms with Crippen molar-refractivity contribution in [3.63, 3.8) is 0 Å². The third-order valence-corrected chi connectivity index (χ3v) is 3.91. The van der Waals surface area contributed by atoms with Crippen LogP contribution in [0, 0.1) is 6.92 Å². The first-order chi connectivity index (χ1) is 7.20. The molecule has 2 nitrogen and oxygen atoms in total. The van der Waals surface area contributed by atoms with Gasteiger partial charge in [-0.3, -0.25) is 4.79 Å². The van der Waals surface area contributed by atoms with E-state index in [1.54, 1.807) is 0 Å². The van der Waals surface area contributed by atoms with Crippen LogP contribution in [0.3, 0.4) is 0 Å². The Balaban J connectivity index is 2.26. The summed E-state index contributed by atoms with van der Waals surface area (Å²) in [7, 11) is 1.94. The quantitative estimate of drug-likeness (QED) is 0.631. The van der Waals surface area contributed by atoms with E-state index in [0.717, 1.165) is 12.8 Å². The van der Waals surface area contributed by atoms with E-state index in [0.29, 0.717) is 11.9 Å². The SMILES string of the molecule is Cc1cccc2c1C1CCC2C(=O)N1C. The van der Waals surface area contributed by atoms with Gasteiger partial charge in [0.05, 0.1) is 12.0 Å². The summed E-state index contributed by atoms with van der Waals surface area (Å²) in [5.74, 6) is 0.444. The number of hydrogen-bond acceptors (Lipinski definition) is 1. The van der Waals surface area contributed by atoms with Gasteiger partial charge in [0.15, 0.2) is 0 Å². The van der Waals surface area contributed by atoms with Gasteiger partial charge in [-0.2, -0.15) is 0 Å². The second-order valence-corrected chi connectivity index (χ2v) is 4.67. The lowest BCUT2D eigenvalue weighted by Gasteiger charge is -2.45. The molecule has 2 atom stereocenters. The summed E-state index contributed by atoms with van der Waals surface area (Å²) in [4.78, 5) is 13.9. The lowest BCUT2D eigenvalue weighted by molar-refractivity contribution is -0.138. The summed E-state index contributed by atoms with van der Waals surface area (Å²) in [6, 6.07) is 6.68. The van der Waals surface area contributed by atoms with Gasteiger partial charge in [0, 0.05) is 7.05 Å². The summed E-state index contributed by atoms with van der Waals surface area (Å²) >= 11 is 0. The number of rotatable bonds is 0. The Morgan fingerprint density at radius 3 is 2.93 bits per heavy atom. The number of hydrogen-bond donors (Lipinski definition) is 0. The average Bonchev–Trinajstić information content (AvgIpc) is 2.24. The maximum Gasteiger partial charge on any atom is 0.230 e. The van der Waals surface area contributed by atoms with Gasteiger partial charge in [0.2, 0.25) is 5.91 Å². The highest BCUT2D eigenvalue weighted by Crippen LogP contribution is 2.47. The minimum absolute atomic E-state index is 0.134. The van der Waals surface area contributed by atoms with Gasteiger partial charge in [-0.1, -0.05) is 18.2 Å². The standard InChI is InChI=1S/C13H15NO/c1-8-4-3-5-9-10-6-7-11(12(8)9)14(2)13(10)15/h3-5,10-11H,6-7H2,1-2H3. The molecule has 2 heteroatoms. The topological polar surface area (TPSA) is 20.3 Å². The summed E-state index contributed by atoms with van der Waals surface area (Å²) in [6.45, 7) is 2.15. The molecule has 1 aliphatic carbocycles. The molecule has 1 aromatic carbocycles. The first-order valence-corrected chi connectivity index (χ1v) is 5.56. The van der Waals surface area contributed by atoms with E-state index in [1.807, 2.05) is 11.9 Å². The lowest BCUT2D eigenvalue weighted by Crippen LogP contribution is -2.44. The Labute approximate surface area is 89.9 Å². The van der Waals surface area contributed by atoms with Crippen molar-refractivity contribution in [1.29, 1.82) is 0 Å². The molecule has 0 N–H and O–H groups in total. The zero-order chi connectivity index (χ0) is 10.6. The number of carbonyl (C=O) groups is 1. The van der Waals surface area contributed by atoms with Gasteiger partial charge in [0.1, 0.15) is 0 Å². The Hall–Kier alpha value is -1.31.